The van der Waals surface area contributed by atoms with Crippen LogP contribution in [0.1, 0.15) is 36.8 Å². The van der Waals surface area contributed by atoms with E-state index in [1.807, 2.05) is 0 Å². The predicted octanol–water partition coefficient (Wildman–Crippen LogP) is 2.73. The van der Waals surface area contributed by atoms with Gasteiger partial charge in [-0.1, -0.05) is 29.8 Å². The quantitative estimate of drug-likeness (QED) is 0.860. The van der Waals surface area contributed by atoms with Gasteiger partial charge in [-0.3, -0.25) is 4.79 Å². The van der Waals surface area contributed by atoms with Crippen molar-refractivity contribution in [2.75, 3.05) is 0 Å². The SMILES string of the molecule is Cc1cccc(CNC2CCC(C(=O)O)CC2)c1. The van der Waals surface area contributed by atoms with Crippen molar-refractivity contribution in [2.24, 2.45) is 5.92 Å². The number of benzene rings is 1. The minimum absolute atomic E-state index is 0.123. The van der Waals surface area contributed by atoms with Gasteiger partial charge in [0.2, 0.25) is 0 Å². The molecule has 1 aliphatic carbocycles. The summed E-state index contributed by atoms with van der Waals surface area (Å²) in [6, 6.07) is 8.97. The van der Waals surface area contributed by atoms with Crippen LogP contribution in [0.3, 0.4) is 0 Å². The summed E-state index contributed by atoms with van der Waals surface area (Å²) in [5.74, 6) is -0.755. The molecule has 0 atom stereocenters. The Morgan fingerprint density at radius 1 is 1.33 bits per heavy atom. The molecule has 3 heteroatoms. The molecule has 18 heavy (non-hydrogen) atoms. The molecule has 0 spiro atoms. The summed E-state index contributed by atoms with van der Waals surface area (Å²) in [4.78, 5) is 10.9. The van der Waals surface area contributed by atoms with Crippen molar-refractivity contribution in [3.05, 3.63) is 35.4 Å². The number of hydrogen-bond acceptors (Lipinski definition) is 2. The molecule has 0 amide bonds. The lowest BCUT2D eigenvalue weighted by Crippen LogP contribution is -2.34. The molecule has 1 saturated carbocycles. The first-order valence-electron chi connectivity index (χ1n) is 6.67. The van der Waals surface area contributed by atoms with Gasteiger partial charge < -0.3 is 10.4 Å². The molecule has 0 aromatic heterocycles. The molecule has 1 fully saturated rings. The van der Waals surface area contributed by atoms with Gasteiger partial charge in [0, 0.05) is 12.6 Å². The zero-order chi connectivity index (χ0) is 13.0. The number of carboxylic acid groups (broad SMARTS) is 1. The number of hydrogen-bond donors (Lipinski definition) is 2. The second kappa shape index (κ2) is 6.01. The third kappa shape index (κ3) is 3.57. The first kappa shape index (κ1) is 13.1. The average molecular weight is 247 g/mol. The molecule has 1 aromatic carbocycles. The first-order valence-corrected chi connectivity index (χ1v) is 6.67. The molecule has 0 radical (unpaired) electrons. The van der Waals surface area contributed by atoms with Gasteiger partial charge in [-0.05, 0) is 38.2 Å². The van der Waals surface area contributed by atoms with Crippen LogP contribution in [0.2, 0.25) is 0 Å². The van der Waals surface area contributed by atoms with Crippen LogP contribution in [0.25, 0.3) is 0 Å². The molecule has 0 unspecified atom stereocenters. The van der Waals surface area contributed by atoms with Crippen molar-refractivity contribution in [3.8, 4) is 0 Å². The fraction of sp³-hybridized carbons (Fsp3) is 0.533. The van der Waals surface area contributed by atoms with Gasteiger partial charge in [0.05, 0.1) is 5.92 Å². The van der Waals surface area contributed by atoms with Gasteiger partial charge in [0.15, 0.2) is 0 Å². The Morgan fingerprint density at radius 2 is 2.06 bits per heavy atom. The van der Waals surface area contributed by atoms with Crippen LogP contribution in [-0.4, -0.2) is 17.1 Å². The molecule has 2 rings (SSSR count). The summed E-state index contributed by atoms with van der Waals surface area (Å²) in [6.07, 6.45) is 3.56. The molecule has 3 nitrogen and oxygen atoms in total. The van der Waals surface area contributed by atoms with E-state index in [1.165, 1.54) is 11.1 Å². The number of carbonyl (C=O) groups is 1. The molecule has 98 valence electrons. The molecule has 0 aliphatic heterocycles. The lowest BCUT2D eigenvalue weighted by Gasteiger charge is -2.27. The van der Waals surface area contributed by atoms with E-state index < -0.39 is 5.97 Å². The summed E-state index contributed by atoms with van der Waals surface area (Å²) in [6.45, 7) is 2.98. The normalized spacial score (nSPS) is 23.8. The topological polar surface area (TPSA) is 49.3 Å². The largest absolute Gasteiger partial charge is 0.481 e. The van der Waals surface area contributed by atoms with Crippen LogP contribution >= 0.6 is 0 Å². The zero-order valence-electron chi connectivity index (χ0n) is 10.9. The van der Waals surface area contributed by atoms with Gasteiger partial charge in [0.1, 0.15) is 0 Å². The number of rotatable bonds is 4. The maximum atomic E-state index is 10.9. The predicted molar refractivity (Wildman–Crippen MR) is 71.4 cm³/mol. The highest BCUT2D eigenvalue weighted by molar-refractivity contribution is 5.70. The Balaban J connectivity index is 1.77. The van der Waals surface area contributed by atoms with E-state index in [4.69, 9.17) is 5.11 Å². The van der Waals surface area contributed by atoms with Crippen molar-refractivity contribution in [3.63, 3.8) is 0 Å². The summed E-state index contributed by atoms with van der Waals surface area (Å²) < 4.78 is 0. The smallest absolute Gasteiger partial charge is 0.306 e. The Hall–Kier alpha value is -1.35. The highest BCUT2D eigenvalue weighted by Gasteiger charge is 2.25. The summed E-state index contributed by atoms with van der Waals surface area (Å²) in [7, 11) is 0. The van der Waals surface area contributed by atoms with Crippen LogP contribution in [0.5, 0.6) is 0 Å². The Kier molecular flexibility index (Phi) is 4.37. The monoisotopic (exact) mass is 247 g/mol. The number of nitrogens with one attached hydrogen (secondary N) is 1. The molecule has 2 N–H and O–H groups in total. The lowest BCUT2D eigenvalue weighted by molar-refractivity contribution is -0.142. The average Bonchev–Trinajstić information content (AvgIpc) is 2.37. The van der Waals surface area contributed by atoms with Gasteiger partial charge in [-0.2, -0.15) is 0 Å². The molecule has 0 saturated heterocycles. The van der Waals surface area contributed by atoms with E-state index >= 15 is 0 Å². The highest BCUT2D eigenvalue weighted by atomic mass is 16.4. The number of aliphatic carboxylic acids is 1. The van der Waals surface area contributed by atoms with Gasteiger partial charge in [-0.25, -0.2) is 0 Å². The van der Waals surface area contributed by atoms with E-state index in [0.29, 0.717) is 6.04 Å². The van der Waals surface area contributed by atoms with Crippen molar-refractivity contribution in [2.45, 2.75) is 45.2 Å². The lowest BCUT2D eigenvalue weighted by atomic mass is 9.86. The zero-order valence-corrected chi connectivity index (χ0v) is 10.9. The minimum Gasteiger partial charge on any atom is -0.481 e. The Bertz CT molecular complexity index is 409. The third-order valence-corrected chi connectivity index (χ3v) is 3.75. The molecular formula is C15H21NO2. The minimum atomic E-state index is -0.632. The van der Waals surface area contributed by atoms with Gasteiger partial charge in [-0.15, -0.1) is 0 Å². The van der Waals surface area contributed by atoms with Crippen LogP contribution in [-0.2, 0) is 11.3 Å². The van der Waals surface area contributed by atoms with Crippen LogP contribution < -0.4 is 5.32 Å². The maximum absolute atomic E-state index is 10.9. The van der Waals surface area contributed by atoms with Crippen LogP contribution in [0.15, 0.2) is 24.3 Å². The fourth-order valence-electron chi connectivity index (χ4n) is 2.63. The second-order valence-corrected chi connectivity index (χ2v) is 5.26. The van der Waals surface area contributed by atoms with Crippen LogP contribution in [0, 0.1) is 12.8 Å². The molecule has 1 aliphatic rings. The number of aryl methyl sites for hydroxylation is 1. The van der Waals surface area contributed by atoms with Gasteiger partial charge >= 0.3 is 5.97 Å². The molecule has 1 aromatic rings. The third-order valence-electron chi connectivity index (χ3n) is 3.75. The van der Waals surface area contributed by atoms with E-state index in [9.17, 15) is 4.79 Å². The Labute approximate surface area is 108 Å². The van der Waals surface area contributed by atoms with Crippen molar-refractivity contribution in [1.82, 2.24) is 5.32 Å². The van der Waals surface area contributed by atoms with E-state index in [0.717, 1.165) is 32.2 Å². The van der Waals surface area contributed by atoms with E-state index in [1.54, 1.807) is 0 Å². The van der Waals surface area contributed by atoms with Crippen LogP contribution in [0.4, 0.5) is 0 Å². The summed E-state index contributed by atoms with van der Waals surface area (Å²) in [5.41, 5.74) is 2.58. The Morgan fingerprint density at radius 3 is 2.67 bits per heavy atom. The molecule has 0 heterocycles. The second-order valence-electron chi connectivity index (χ2n) is 5.26. The molecular weight excluding hydrogens is 226 g/mol. The summed E-state index contributed by atoms with van der Waals surface area (Å²) in [5, 5.41) is 12.5. The first-order chi connectivity index (χ1) is 8.65. The number of carboxylic acids is 1. The standard InChI is InChI=1S/C15H21NO2/c1-11-3-2-4-12(9-11)10-16-14-7-5-13(6-8-14)15(17)18/h2-4,9,13-14,16H,5-8,10H2,1H3,(H,17,18). The highest BCUT2D eigenvalue weighted by Crippen LogP contribution is 2.24. The van der Waals surface area contributed by atoms with E-state index in [-0.39, 0.29) is 5.92 Å². The van der Waals surface area contributed by atoms with Crippen molar-refractivity contribution in [1.29, 1.82) is 0 Å². The fourth-order valence-corrected chi connectivity index (χ4v) is 2.63. The van der Waals surface area contributed by atoms with Gasteiger partial charge in [0.25, 0.3) is 0 Å². The van der Waals surface area contributed by atoms with Crippen molar-refractivity contribution >= 4 is 5.97 Å². The summed E-state index contributed by atoms with van der Waals surface area (Å²) >= 11 is 0. The maximum Gasteiger partial charge on any atom is 0.306 e. The molecule has 0 bridgehead atoms. The van der Waals surface area contributed by atoms with Crippen molar-refractivity contribution < 1.29 is 9.90 Å². The van der Waals surface area contributed by atoms with E-state index in [2.05, 4.69) is 36.5 Å².